The van der Waals surface area contributed by atoms with Gasteiger partial charge in [-0.3, -0.25) is 0 Å². The van der Waals surface area contributed by atoms with E-state index in [1.165, 1.54) is 13.0 Å². The first-order valence-electron chi connectivity index (χ1n) is 8.02. The van der Waals surface area contributed by atoms with Gasteiger partial charge in [-0.2, -0.15) is 0 Å². The Bertz CT molecular complexity index is 383. The van der Waals surface area contributed by atoms with E-state index in [4.69, 9.17) is 4.74 Å². The SMILES string of the molecule is CCN(CC)CCCN(CC)CCOc1cccc(Br)c1. The van der Waals surface area contributed by atoms with Crippen molar-refractivity contribution in [2.75, 3.05) is 45.9 Å². The first kappa shape index (κ1) is 18.5. The number of halogens is 1. The number of rotatable bonds is 11. The van der Waals surface area contributed by atoms with Crippen LogP contribution < -0.4 is 4.74 Å². The maximum absolute atomic E-state index is 5.81. The quantitative estimate of drug-likeness (QED) is 0.598. The van der Waals surface area contributed by atoms with Gasteiger partial charge in [0, 0.05) is 11.0 Å². The van der Waals surface area contributed by atoms with Crippen LogP contribution in [0.1, 0.15) is 27.2 Å². The number of ether oxygens (including phenoxy) is 1. The molecule has 21 heavy (non-hydrogen) atoms. The van der Waals surface area contributed by atoms with Gasteiger partial charge < -0.3 is 14.5 Å². The topological polar surface area (TPSA) is 15.7 Å². The van der Waals surface area contributed by atoms with Gasteiger partial charge in [-0.05, 0) is 57.3 Å². The van der Waals surface area contributed by atoms with Crippen LogP contribution in [0.2, 0.25) is 0 Å². The van der Waals surface area contributed by atoms with Crippen molar-refractivity contribution in [1.29, 1.82) is 0 Å². The second kappa shape index (κ2) is 11.0. The van der Waals surface area contributed by atoms with Gasteiger partial charge in [0.25, 0.3) is 0 Å². The Kier molecular flexibility index (Phi) is 9.72. The predicted molar refractivity (Wildman–Crippen MR) is 94.2 cm³/mol. The van der Waals surface area contributed by atoms with Crippen LogP contribution in [0.15, 0.2) is 28.7 Å². The van der Waals surface area contributed by atoms with Gasteiger partial charge in [-0.15, -0.1) is 0 Å². The van der Waals surface area contributed by atoms with Gasteiger partial charge in [0.15, 0.2) is 0 Å². The minimum atomic E-state index is 0.746. The second-order valence-corrected chi connectivity index (χ2v) is 6.04. The van der Waals surface area contributed by atoms with E-state index in [0.717, 1.165) is 49.6 Å². The number of hydrogen-bond donors (Lipinski definition) is 0. The largest absolute Gasteiger partial charge is 0.492 e. The van der Waals surface area contributed by atoms with Crippen LogP contribution in [0, 0.1) is 0 Å². The van der Waals surface area contributed by atoms with E-state index in [-0.39, 0.29) is 0 Å². The Balaban J connectivity index is 2.21. The average molecular weight is 357 g/mol. The molecule has 0 aliphatic rings. The molecule has 0 amide bonds. The number of hydrogen-bond acceptors (Lipinski definition) is 3. The molecule has 1 aromatic rings. The zero-order valence-electron chi connectivity index (χ0n) is 13.6. The summed E-state index contributed by atoms with van der Waals surface area (Å²) in [6, 6.07) is 8.03. The Morgan fingerprint density at radius 2 is 1.62 bits per heavy atom. The third-order valence-electron chi connectivity index (χ3n) is 3.76. The molecule has 120 valence electrons. The molecule has 0 atom stereocenters. The summed E-state index contributed by atoms with van der Waals surface area (Å²) in [6.45, 7) is 14.1. The Morgan fingerprint density at radius 3 is 2.24 bits per heavy atom. The van der Waals surface area contributed by atoms with Gasteiger partial charge in [-0.25, -0.2) is 0 Å². The molecule has 0 fully saturated rings. The normalized spacial score (nSPS) is 11.3. The highest BCUT2D eigenvalue weighted by Gasteiger charge is 2.05. The fourth-order valence-corrected chi connectivity index (χ4v) is 2.71. The Morgan fingerprint density at radius 1 is 0.952 bits per heavy atom. The fourth-order valence-electron chi connectivity index (χ4n) is 2.34. The van der Waals surface area contributed by atoms with Crippen molar-refractivity contribution in [3.8, 4) is 5.75 Å². The maximum Gasteiger partial charge on any atom is 0.120 e. The third-order valence-corrected chi connectivity index (χ3v) is 4.26. The van der Waals surface area contributed by atoms with E-state index < -0.39 is 0 Å². The second-order valence-electron chi connectivity index (χ2n) is 5.12. The molecule has 0 radical (unpaired) electrons. The van der Waals surface area contributed by atoms with Gasteiger partial charge in [0.1, 0.15) is 12.4 Å². The molecule has 1 aromatic carbocycles. The molecule has 0 saturated heterocycles. The van der Waals surface area contributed by atoms with Crippen LogP contribution in [-0.4, -0.2) is 55.7 Å². The third kappa shape index (κ3) is 7.84. The first-order chi connectivity index (χ1) is 10.2. The summed E-state index contributed by atoms with van der Waals surface area (Å²) < 4.78 is 6.87. The van der Waals surface area contributed by atoms with Crippen LogP contribution in [-0.2, 0) is 0 Å². The number of benzene rings is 1. The smallest absolute Gasteiger partial charge is 0.120 e. The van der Waals surface area contributed by atoms with Crippen molar-refractivity contribution in [2.45, 2.75) is 27.2 Å². The number of likely N-dealkylation sites (N-methyl/N-ethyl adjacent to an activating group) is 1. The molecule has 3 nitrogen and oxygen atoms in total. The van der Waals surface area contributed by atoms with Gasteiger partial charge in [-0.1, -0.05) is 42.8 Å². The molecule has 0 heterocycles. The van der Waals surface area contributed by atoms with Crippen molar-refractivity contribution in [2.24, 2.45) is 0 Å². The van der Waals surface area contributed by atoms with E-state index in [1.54, 1.807) is 0 Å². The average Bonchev–Trinajstić information content (AvgIpc) is 2.50. The highest BCUT2D eigenvalue weighted by atomic mass is 79.9. The van der Waals surface area contributed by atoms with Crippen LogP contribution >= 0.6 is 15.9 Å². The van der Waals surface area contributed by atoms with E-state index in [1.807, 2.05) is 24.3 Å². The fraction of sp³-hybridized carbons (Fsp3) is 0.647. The Hall–Kier alpha value is -0.580. The maximum atomic E-state index is 5.81. The van der Waals surface area contributed by atoms with Gasteiger partial charge >= 0.3 is 0 Å². The van der Waals surface area contributed by atoms with Crippen molar-refractivity contribution < 1.29 is 4.74 Å². The highest BCUT2D eigenvalue weighted by Crippen LogP contribution is 2.17. The molecular weight excluding hydrogens is 328 g/mol. The summed E-state index contributed by atoms with van der Waals surface area (Å²) >= 11 is 3.46. The van der Waals surface area contributed by atoms with Crippen LogP contribution in [0.5, 0.6) is 5.75 Å². The van der Waals surface area contributed by atoms with E-state index >= 15 is 0 Å². The molecule has 0 aromatic heterocycles. The zero-order chi connectivity index (χ0) is 15.5. The van der Waals surface area contributed by atoms with E-state index in [0.29, 0.717) is 0 Å². The van der Waals surface area contributed by atoms with Crippen LogP contribution in [0.3, 0.4) is 0 Å². The summed E-state index contributed by atoms with van der Waals surface area (Å²) in [5, 5.41) is 0. The summed E-state index contributed by atoms with van der Waals surface area (Å²) in [5.41, 5.74) is 0. The molecule has 0 aliphatic heterocycles. The lowest BCUT2D eigenvalue weighted by Gasteiger charge is -2.23. The molecule has 1 rings (SSSR count). The molecule has 0 unspecified atom stereocenters. The van der Waals surface area contributed by atoms with Gasteiger partial charge in [0.2, 0.25) is 0 Å². The van der Waals surface area contributed by atoms with Gasteiger partial charge in [0.05, 0.1) is 0 Å². The molecule has 0 aliphatic carbocycles. The van der Waals surface area contributed by atoms with Crippen molar-refractivity contribution >= 4 is 15.9 Å². The number of nitrogens with zero attached hydrogens (tertiary/aromatic N) is 2. The van der Waals surface area contributed by atoms with Crippen molar-refractivity contribution in [1.82, 2.24) is 9.80 Å². The lowest BCUT2D eigenvalue weighted by atomic mass is 10.3. The minimum absolute atomic E-state index is 0.746. The molecule has 0 N–H and O–H groups in total. The van der Waals surface area contributed by atoms with Crippen LogP contribution in [0.4, 0.5) is 0 Å². The monoisotopic (exact) mass is 356 g/mol. The summed E-state index contributed by atoms with van der Waals surface area (Å²) in [6.07, 6.45) is 1.23. The van der Waals surface area contributed by atoms with Crippen molar-refractivity contribution in [3.63, 3.8) is 0 Å². The summed E-state index contributed by atoms with van der Waals surface area (Å²) in [5.74, 6) is 0.934. The standard InChI is InChI=1S/C17H29BrN2O/c1-4-19(5-2)11-8-12-20(6-3)13-14-21-17-10-7-9-16(18)15-17/h7,9-10,15H,4-6,8,11-14H2,1-3H3. The highest BCUT2D eigenvalue weighted by molar-refractivity contribution is 9.10. The Labute approximate surface area is 138 Å². The van der Waals surface area contributed by atoms with Crippen LogP contribution in [0.25, 0.3) is 0 Å². The first-order valence-corrected chi connectivity index (χ1v) is 8.81. The lowest BCUT2D eigenvalue weighted by Crippen LogP contribution is -2.32. The van der Waals surface area contributed by atoms with Crippen molar-refractivity contribution in [3.05, 3.63) is 28.7 Å². The van der Waals surface area contributed by atoms with E-state index in [9.17, 15) is 0 Å². The molecule has 0 bridgehead atoms. The predicted octanol–water partition coefficient (Wildman–Crippen LogP) is 3.88. The minimum Gasteiger partial charge on any atom is -0.492 e. The van der Waals surface area contributed by atoms with E-state index in [2.05, 4.69) is 46.5 Å². The summed E-state index contributed by atoms with van der Waals surface area (Å²) in [7, 11) is 0. The lowest BCUT2D eigenvalue weighted by molar-refractivity contribution is 0.201. The molecule has 0 spiro atoms. The summed E-state index contributed by atoms with van der Waals surface area (Å²) in [4.78, 5) is 4.94. The zero-order valence-corrected chi connectivity index (χ0v) is 15.2. The molecule has 4 heteroatoms. The molecule has 0 saturated carbocycles. The molecular formula is C17H29BrN2O.